The summed E-state index contributed by atoms with van der Waals surface area (Å²) in [5.41, 5.74) is 1.10. The zero-order valence-electron chi connectivity index (χ0n) is 9.76. The summed E-state index contributed by atoms with van der Waals surface area (Å²) in [6.07, 6.45) is 1.69. The first kappa shape index (κ1) is 14.6. The summed E-state index contributed by atoms with van der Waals surface area (Å²) < 4.78 is 28.1. The van der Waals surface area contributed by atoms with E-state index >= 15 is 0 Å². The Morgan fingerprint density at radius 2 is 1.89 bits per heavy atom. The van der Waals surface area contributed by atoms with Crippen molar-refractivity contribution in [3.05, 3.63) is 62.3 Å². The van der Waals surface area contributed by atoms with Gasteiger partial charge in [-0.1, -0.05) is 0 Å². The van der Waals surface area contributed by atoms with Crippen LogP contribution in [0.5, 0.6) is 0 Å². The molecule has 6 heteroatoms. The molecule has 0 radical (unpaired) electrons. The molecule has 2 nitrogen and oxygen atoms in total. The lowest BCUT2D eigenvalue weighted by molar-refractivity contribution is 0.567. The second-order valence-corrected chi connectivity index (χ2v) is 5.69. The fraction of sp³-hybridized carbons (Fsp3) is 0.154. The summed E-state index contributed by atoms with van der Waals surface area (Å²) in [5.74, 6) is -0.863. The minimum atomic E-state index is -0.443. The monoisotopic (exact) mass is 390 g/mol. The SMILES string of the molecule is Fc1ccc(F)c(CNCc2ncc(Br)cc2Br)c1. The fourth-order valence-corrected chi connectivity index (χ4v) is 2.69. The third-order valence-electron chi connectivity index (χ3n) is 2.50. The highest BCUT2D eigenvalue weighted by Crippen LogP contribution is 2.19. The van der Waals surface area contributed by atoms with Gasteiger partial charge in [-0.15, -0.1) is 0 Å². The van der Waals surface area contributed by atoms with Crippen molar-refractivity contribution in [2.45, 2.75) is 13.1 Å². The van der Waals surface area contributed by atoms with Crippen molar-refractivity contribution in [3.8, 4) is 0 Å². The molecule has 2 rings (SSSR count). The molecule has 19 heavy (non-hydrogen) atoms. The van der Waals surface area contributed by atoms with Crippen molar-refractivity contribution < 1.29 is 8.78 Å². The van der Waals surface area contributed by atoms with E-state index in [9.17, 15) is 8.78 Å². The number of aromatic nitrogens is 1. The van der Waals surface area contributed by atoms with Gasteiger partial charge in [-0.05, 0) is 56.1 Å². The predicted octanol–water partition coefficient (Wildman–Crippen LogP) is 4.17. The Labute approximate surface area is 126 Å². The van der Waals surface area contributed by atoms with E-state index in [2.05, 4.69) is 42.2 Å². The lowest BCUT2D eigenvalue weighted by atomic mass is 10.2. The van der Waals surface area contributed by atoms with Crippen LogP contribution in [0, 0.1) is 11.6 Å². The highest BCUT2D eigenvalue weighted by atomic mass is 79.9. The number of nitrogens with zero attached hydrogens (tertiary/aromatic N) is 1. The van der Waals surface area contributed by atoms with E-state index in [1.54, 1.807) is 6.20 Å². The van der Waals surface area contributed by atoms with Crippen LogP contribution in [0.25, 0.3) is 0 Å². The van der Waals surface area contributed by atoms with E-state index in [1.807, 2.05) is 6.07 Å². The number of halogens is 4. The Morgan fingerprint density at radius 3 is 2.63 bits per heavy atom. The average Bonchev–Trinajstić information content (AvgIpc) is 2.36. The van der Waals surface area contributed by atoms with Crippen LogP contribution in [0.3, 0.4) is 0 Å². The van der Waals surface area contributed by atoms with Crippen LogP contribution in [0.15, 0.2) is 39.4 Å². The molecule has 0 atom stereocenters. The summed E-state index contributed by atoms with van der Waals surface area (Å²) in [5, 5.41) is 3.03. The number of rotatable bonds is 4. The first-order valence-corrected chi connectivity index (χ1v) is 7.09. The Bertz CT molecular complexity index is 591. The van der Waals surface area contributed by atoms with Crippen molar-refractivity contribution in [2.75, 3.05) is 0 Å². The van der Waals surface area contributed by atoms with Crippen molar-refractivity contribution in [1.82, 2.24) is 10.3 Å². The summed E-state index contributed by atoms with van der Waals surface area (Å²) in [7, 11) is 0. The highest BCUT2D eigenvalue weighted by Gasteiger charge is 2.05. The molecule has 0 unspecified atom stereocenters. The summed E-state index contributed by atoms with van der Waals surface area (Å²) >= 11 is 6.71. The molecule has 100 valence electrons. The van der Waals surface area contributed by atoms with Gasteiger partial charge in [-0.3, -0.25) is 4.98 Å². The second kappa shape index (κ2) is 6.54. The van der Waals surface area contributed by atoms with Gasteiger partial charge in [0.1, 0.15) is 11.6 Å². The smallest absolute Gasteiger partial charge is 0.127 e. The number of nitrogens with one attached hydrogen (secondary N) is 1. The Balaban J connectivity index is 1.98. The molecule has 1 N–H and O–H groups in total. The zero-order valence-corrected chi connectivity index (χ0v) is 12.9. The largest absolute Gasteiger partial charge is 0.307 e. The molecule has 0 spiro atoms. The van der Waals surface area contributed by atoms with Gasteiger partial charge in [0.05, 0.1) is 5.69 Å². The maximum absolute atomic E-state index is 13.4. The van der Waals surface area contributed by atoms with Crippen LogP contribution >= 0.6 is 31.9 Å². The molecule has 1 heterocycles. The number of hydrogen-bond donors (Lipinski definition) is 1. The minimum Gasteiger partial charge on any atom is -0.307 e. The standard InChI is InChI=1S/C13H10Br2F2N2/c14-9-4-11(15)13(19-6-9)7-18-5-8-3-10(16)1-2-12(8)17/h1-4,6,18H,5,7H2. The summed E-state index contributed by atoms with van der Waals surface area (Å²) in [6, 6.07) is 5.30. The Morgan fingerprint density at radius 1 is 1.11 bits per heavy atom. The molecule has 0 aliphatic rings. The molecule has 0 bridgehead atoms. The van der Waals surface area contributed by atoms with E-state index < -0.39 is 11.6 Å². The van der Waals surface area contributed by atoms with Gasteiger partial charge in [0.2, 0.25) is 0 Å². The Kier molecular flexibility index (Phi) is 5.01. The van der Waals surface area contributed by atoms with Gasteiger partial charge in [0.15, 0.2) is 0 Å². The van der Waals surface area contributed by atoms with Crippen LogP contribution in [-0.4, -0.2) is 4.98 Å². The normalized spacial score (nSPS) is 10.7. The van der Waals surface area contributed by atoms with Crippen molar-refractivity contribution in [3.63, 3.8) is 0 Å². The zero-order chi connectivity index (χ0) is 13.8. The van der Waals surface area contributed by atoms with Crippen LogP contribution in [0.1, 0.15) is 11.3 Å². The van der Waals surface area contributed by atoms with E-state index in [1.165, 1.54) is 6.07 Å². The van der Waals surface area contributed by atoms with Crippen molar-refractivity contribution in [2.24, 2.45) is 0 Å². The molecule has 0 fully saturated rings. The van der Waals surface area contributed by atoms with Crippen molar-refractivity contribution >= 4 is 31.9 Å². The Hall–Kier alpha value is -0.850. The molecular weight excluding hydrogens is 382 g/mol. The number of hydrogen-bond acceptors (Lipinski definition) is 2. The highest BCUT2D eigenvalue weighted by molar-refractivity contribution is 9.11. The van der Waals surface area contributed by atoms with E-state index in [-0.39, 0.29) is 6.54 Å². The first-order chi connectivity index (χ1) is 9.06. The van der Waals surface area contributed by atoms with E-state index in [0.29, 0.717) is 12.1 Å². The molecular formula is C13H10Br2F2N2. The summed E-state index contributed by atoms with van der Waals surface area (Å²) in [6.45, 7) is 0.706. The third kappa shape index (κ3) is 4.06. The van der Waals surface area contributed by atoms with Crippen molar-refractivity contribution in [1.29, 1.82) is 0 Å². The van der Waals surface area contributed by atoms with Gasteiger partial charge in [-0.2, -0.15) is 0 Å². The lowest BCUT2D eigenvalue weighted by Crippen LogP contribution is -2.15. The molecule has 0 amide bonds. The third-order valence-corrected chi connectivity index (χ3v) is 3.62. The lowest BCUT2D eigenvalue weighted by Gasteiger charge is -2.07. The molecule has 0 aliphatic carbocycles. The van der Waals surface area contributed by atoms with Gasteiger partial charge >= 0.3 is 0 Å². The maximum Gasteiger partial charge on any atom is 0.127 e. The van der Waals surface area contributed by atoms with E-state index in [4.69, 9.17) is 0 Å². The molecule has 0 saturated heterocycles. The number of pyridine rings is 1. The molecule has 2 aromatic rings. The quantitative estimate of drug-likeness (QED) is 0.845. The maximum atomic E-state index is 13.4. The molecule has 0 aliphatic heterocycles. The first-order valence-electron chi connectivity index (χ1n) is 5.51. The molecule has 1 aromatic carbocycles. The van der Waals surface area contributed by atoms with Gasteiger partial charge < -0.3 is 5.32 Å². The van der Waals surface area contributed by atoms with Crippen LogP contribution in [0.4, 0.5) is 8.78 Å². The molecule has 0 saturated carbocycles. The number of benzene rings is 1. The van der Waals surface area contributed by atoms with Gasteiger partial charge in [0.25, 0.3) is 0 Å². The molecule has 1 aromatic heterocycles. The van der Waals surface area contributed by atoms with Crippen LogP contribution in [0.2, 0.25) is 0 Å². The van der Waals surface area contributed by atoms with Gasteiger partial charge in [-0.25, -0.2) is 8.78 Å². The van der Waals surface area contributed by atoms with Crippen LogP contribution in [-0.2, 0) is 13.1 Å². The summed E-state index contributed by atoms with van der Waals surface area (Å²) in [4.78, 5) is 4.22. The van der Waals surface area contributed by atoms with Crippen LogP contribution < -0.4 is 5.32 Å². The average molecular weight is 392 g/mol. The predicted molar refractivity (Wildman–Crippen MR) is 76.5 cm³/mol. The minimum absolute atomic E-state index is 0.244. The van der Waals surface area contributed by atoms with Gasteiger partial charge in [0, 0.05) is 33.8 Å². The second-order valence-electron chi connectivity index (χ2n) is 3.92. The fourth-order valence-electron chi connectivity index (χ4n) is 1.57. The van der Waals surface area contributed by atoms with E-state index in [0.717, 1.165) is 26.8 Å². The topological polar surface area (TPSA) is 24.9 Å².